The van der Waals surface area contributed by atoms with Crippen molar-refractivity contribution in [3.05, 3.63) is 65.7 Å². The summed E-state index contributed by atoms with van der Waals surface area (Å²) in [5.74, 6) is -2.53. The Labute approximate surface area is 148 Å². The third-order valence-electron chi connectivity index (χ3n) is 4.46. The van der Waals surface area contributed by atoms with E-state index in [1.165, 1.54) is 29.2 Å². The topological polar surface area (TPSA) is 66.8 Å². The molecule has 1 amide bonds. The molecule has 136 valence electrons. The van der Waals surface area contributed by atoms with Gasteiger partial charge in [0, 0.05) is 24.6 Å². The highest BCUT2D eigenvalue weighted by Crippen LogP contribution is 2.34. The van der Waals surface area contributed by atoms with Gasteiger partial charge in [0.1, 0.15) is 5.75 Å². The van der Waals surface area contributed by atoms with Crippen molar-refractivity contribution in [2.24, 2.45) is 5.92 Å². The van der Waals surface area contributed by atoms with Crippen LogP contribution in [-0.2, 0) is 4.79 Å². The van der Waals surface area contributed by atoms with Crippen LogP contribution in [0.5, 0.6) is 5.75 Å². The van der Waals surface area contributed by atoms with Gasteiger partial charge in [-0.25, -0.2) is 0 Å². The van der Waals surface area contributed by atoms with Gasteiger partial charge in [0.05, 0.1) is 5.92 Å². The summed E-state index contributed by atoms with van der Waals surface area (Å²) >= 11 is 0. The summed E-state index contributed by atoms with van der Waals surface area (Å²) in [6.45, 7) is -2.67. The van der Waals surface area contributed by atoms with Crippen molar-refractivity contribution >= 4 is 11.9 Å². The molecule has 1 saturated heterocycles. The first kappa shape index (κ1) is 17.8. The van der Waals surface area contributed by atoms with Gasteiger partial charge in [-0.15, -0.1) is 0 Å². The number of ether oxygens (including phenoxy) is 1. The average molecular weight is 361 g/mol. The molecule has 2 aromatic rings. The van der Waals surface area contributed by atoms with Crippen LogP contribution in [0, 0.1) is 5.92 Å². The maximum atomic E-state index is 12.7. The number of rotatable bonds is 5. The lowest BCUT2D eigenvalue weighted by molar-refractivity contribution is -0.141. The fourth-order valence-electron chi connectivity index (χ4n) is 3.25. The van der Waals surface area contributed by atoms with Crippen LogP contribution >= 0.6 is 0 Å². The van der Waals surface area contributed by atoms with Crippen molar-refractivity contribution in [3.8, 4) is 5.75 Å². The lowest BCUT2D eigenvalue weighted by atomic mass is 9.89. The third-order valence-corrected chi connectivity index (χ3v) is 4.46. The molecule has 0 unspecified atom stereocenters. The minimum atomic E-state index is -2.98. The number of aliphatic carboxylic acids is 1. The Morgan fingerprint density at radius 3 is 2.46 bits per heavy atom. The van der Waals surface area contributed by atoms with Gasteiger partial charge in [-0.05, 0) is 23.8 Å². The minimum Gasteiger partial charge on any atom is -0.481 e. The van der Waals surface area contributed by atoms with Gasteiger partial charge >= 0.3 is 12.6 Å². The minimum absolute atomic E-state index is 0.0632. The van der Waals surface area contributed by atoms with E-state index in [2.05, 4.69) is 4.74 Å². The number of carboxylic acid groups (broad SMARTS) is 1. The molecule has 3 rings (SSSR count). The van der Waals surface area contributed by atoms with Crippen molar-refractivity contribution in [2.75, 3.05) is 13.1 Å². The molecule has 0 aromatic heterocycles. The number of alkyl halides is 2. The summed E-state index contributed by atoms with van der Waals surface area (Å²) in [4.78, 5) is 25.8. The zero-order valence-corrected chi connectivity index (χ0v) is 13.7. The molecular weight excluding hydrogens is 344 g/mol. The van der Waals surface area contributed by atoms with Crippen LogP contribution in [0.25, 0.3) is 0 Å². The van der Waals surface area contributed by atoms with E-state index in [1.54, 1.807) is 0 Å². The smallest absolute Gasteiger partial charge is 0.387 e. The molecule has 2 aromatic carbocycles. The van der Waals surface area contributed by atoms with Gasteiger partial charge in [0.2, 0.25) is 0 Å². The van der Waals surface area contributed by atoms with E-state index in [1.807, 2.05) is 30.3 Å². The summed E-state index contributed by atoms with van der Waals surface area (Å²) in [5, 5.41) is 9.52. The molecule has 7 heteroatoms. The molecule has 5 nitrogen and oxygen atoms in total. The summed E-state index contributed by atoms with van der Waals surface area (Å²) in [5.41, 5.74) is 1.03. The van der Waals surface area contributed by atoms with Gasteiger partial charge in [-0.3, -0.25) is 9.59 Å². The van der Waals surface area contributed by atoms with Crippen LogP contribution in [0.2, 0.25) is 0 Å². The van der Waals surface area contributed by atoms with Crippen LogP contribution in [0.15, 0.2) is 54.6 Å². The Bertz CT molecular complexity index is 797. The number of hydrogen-bond donors (Lipinski definition) is 1. The van der Waals surface area contributed by atoms with Gasteiger partial charge in [-0.2, -0.15) is 8.78 Å². The van der Waals surface area contributed by atoms with E-state index >= 15 is 0 Å². The summed E-state index contributed by atoms with van der Waals surface area (Å²) in [7, 11) is 0. The monoisotopic (exact) mass is 361 g/mol. The van der Waals surface area contributed by atoms with Gasteiger partial charge in [0.25, 0.3) is 5.91 Å². The Balaban J connectivity index is 1.81. The van der Waals surface area contributed by atoms with Crippen molar-refractivity contribution in [1.29, 1.82) is 0 Å². The first-order chi connectivity index (χ1) is 12.5. The van der Waals surface area contributed by atoms with Crippen LogP contribution < -0.4 is 4.74 Å². The molecular formula is C19H17F2NO4. The second-order valence-electron chi connectivity index (χ2n) is 6.08. The Hall–Kier alpha value is -2.96. The fourth-order valence-corrected chi connectivity index (χ4v) is 3.25. The molecule has 26 heavy (non-hydrogen) atoms. The van der Waals surface area contributed by atoms with Crippen molar-refractivity contribution in [1.82, 2.24) is 4.90 Å². The highest BCUT2D eigenvalue weighted by Gasteiger charge is 2.40. The van der Waals surface area contributed by atoms with E-state index in [4.69, 9.17) is 0 Å². The Morgan fingerprint density at radius 2 is 1.81 bits per heavy atom. The third kappa shape index (κ3) is 3.82. The number of hydrogen-bond acceptors (Lipinski definition) is 3. The number of carbonyl (C=O) groups is 2. The highest BCUT2D eigenvalue weighted by atomic mass is 19.3. The maximum absolute atomic E-state index is 12.7. The number of amides is 1. The van der Waals surface area contributed by atoms with Crippen LogP contribution in [0.3, 0.4) is 0 Å². The van der Waals surface area contributed by atoms with Gasteiger partial charge < -0.3 is 14.7 Å². The molecule has 0 bridgehead atoms. The second kappa shape index (κ2) is 7.51. The van der Waals surface area contributed by atoms with Gasteiger partial charge in [0.15, 0.2) is 0 Å². The number of likely N-dealkylation sites (tertiary alicyclic amines) is 1. The first-order valence-electron chi connectivity index (χ1n) is 8.07. The standard InChI is InChI=1S/C19H17F2NO4/c20-19(21)26-14-8-4-7-13(9-14)17(23)22-10-15(16(11-22)18(24)25)12-5-2-1-3-6-12/h1-9,15-16,19H,10-11H2,(H,24,25)/t15-,16-/m1/s1. The molecule has 1 heterocycles. The normalized spacial score (nSPS) is 19.6. The van der Waals surface area contributed by atoms with Crippen molar-refractivity contribution in [3.63, 3.8) is 0 Å². The second-order valence-corrected chi connectivity index (χ2v) is 6.08. The average Bonchev–Trinajstić information content (AvgIpc) is 3.07. The van der Waals surface area contributed by atoms with E-state index in [0.29, 0.717) is 0 Å². The predicted molar refractivity (Wildman–Crippen MR) is 89.3 cm³/mol. The molecule has 0 radical (unpaired) electrons. The Kier molecular flexibility index (Phi) is 5.16. The number of carbonyl (C=O) groups excluding carboxylic acids is 1. The molecule has 1 aliphatic heterocycles. The summed E-state index contributed by atoms with van der Waals surface area (Å²) in [6.07, 6.45) is 0. The maximum Gasteiger partial charge on any atom is 0.387 e. The number of nitrogens with zero attached hydrogens (tertiary/aromatic N) is 1. The molecule has 2 atom stereocenters. The molecule has 0 aliphatic carbocycles. The zero-order chi connectivity index (χ0) is 18.7. The quantitative estimate of drug-likeness (QED) is 0.888. The number of halogens is 2. The lowest BCUT2D eigenvalue weighted by Crippen LogP contribution is -2.29. The first-order valence-corrected chi connectivity index (χ1v) is 8.07. The van der Waals surface area contributed by atoms with Crippen LogP contribution in [0.1, 0.15) is 21.8 Å². The van der Waals surface area contributed by atoms with Crippen LogP contribution in [-0.4, -0.2) is 41.6 Å². The van der Waals surface area contributed by atoms with Crippen LogP contribution in [0.4, 0.5) is 8.78 Å². The van der Waals surface area contributed by atoms with Crippen molar-refractivity contribution in [2.45, 2.75) is 12.5 Å². The molecule has 1 fully saturated rings. The van der Waals surface area contributed by atoms with E-state index < -0.39 is 24.4 Å². The van der Waals surface area contributed by atoms with Gasteiger partial charge in [-0.1, -0.05) is 36.4 Å². The summed E-state index contributed by atoms with van der Waals surface area (Å²) in [6, 6.07) is 14.7. The van der Waals surface area contributed by atoms with E-state index in [0.717, 1.165) is 5.56 Å². The Morgan fingerprint density at radius 1 is 1.08 bits per heavy atom. The van der Waals surface area contributed by atoms with E-state index in [-0.39, 0.29) is 30.3 Å². The predicted octanol–water partition coefficient (Wildman–Crippen LogP) is 3.23. The fraction of sp³-hybridized carbons (Fsp3) is 0.263. The molecule has 0 saturated carbocycles. The lowest BCUT2D eigenvalue weighted by Gasteiger charge is -2.17. The largest absolute Gasteiger partial charge is 0.481 e. The SMILES string of the molecule is O=C(O)[C@@H]1CN(C(=O)c2cccc(OC(F)F)c2)C[C@@H]1c1ccccc1. The number of benzene rings is 2. The highest BCUT2D eigenvalue weighted by molar-refractivity contribution is 5.95. The van der Waals surface area contributed by atoms with E-state index in [9.17, 15) is 23.5 Å². The molecule has 1 N–H and O–H groups in total. The molecule has 1 aliphatic rings. The number of carboxylic acids is 1. The molecule has 0 spiro atoms. The zero-order valence-electron chi connectivity index (χ0n) is 13.7. The summed E-state index contributed by atoms with van der Waals surface area (Å²) < 4.78 is 29.0. The van der Waals surface area contributed by atoms with Crippen molar-refractivity contribution < 1.29 is 28.2 Å².